The molecule has 16 heavy (non-hydrogen) atoms. The smallest absolute Gasteiger partial charge is 0.288 e. The summed E-state index contributed by atoms with van der Waals surface area (Å²) < 4.78 is 0. The highest BCUT2D eigenvalue weighted by molar-refractivity contribution is 7.99. The zero-order valence-electron chi connectivity index (χ0n) is 9.06. The van der Waals surface area contributed by atoms with E-state index >= 15 is 0 Å². The van der Waals surface area contributed by atoms with E-state index in [1.165, 1.54) is 0 Å². The first-order valence-corrected chi connectivity index (χ1v) is 6.49. The molecule has 0 radical (unpaired) electrons. The molecule has 1 amide bonds. The van der Waals surface area contributed by atoms with Crippen molar-refractivity contribution in [3.05, 3.63) is 5.82 Å². The quantitative estimate of drug-likeness (QED) is 0.711. The molecule has 0 aliphatic heterocycles. The number of carbonyl (C=O) groups excluding carboxylic acids is 1. The van der Waals surface area contributed by atoms with Crippen molar-refractivity contribution in [2.24, 2.45) is 0 Å². The van der Waals surface area contributed by atoms with Gasteiger partial charge in [-0.3, -0.25) is 9.89 Å². The molecular formula is C9H15N5OS. The van der Waals surface area contributed by atoms with Gasteiger partial charge in [0.15, 0.2) is 0 Å². The van der Waals surface area contributed by atoms with Gasteiger partial charge in [0.2, 0.25) is 11.8 Å². The van der Waals surface area contributed by atoms with Crippen LogP contribution < -0.4 is 11.1 Å². The lowest BCUT2D eigenvalue weighted by molar-refractivity contribution is 0.0928. The fourth-order valence-corrected chi connectivity index (χ4v) is 2.71. The molecule has 0 saturated heterocycles. The van der Waals surface area contributed by atoms with Crippen LogP contribution in [0.1, 0.15) is 29.9 Å². The number of rotatable bonds is 3. The van der Waals surface area contributed by atoms with Crippen LogP contribution in [0.25, 0.3) is 0 Å². The first-order valence-electron chi connectivity index (χ1n) is 5.20. The monoisotopic (exact) mass is 241 g/mol. The highest BCUT2D eigenvalue weighted by Crippen LogP contribution is 2.28. The number of nitrogens with zero attached hydrogens (tertiary/aromatic N) is 2. The van der Waals surface area contributed by atoms with Crippen molar-refractivity contribution in [1.82, 2.24) is 20.5 Å². The van der Waals surface area contributed by atoms with E-state index < -0.39 is 0 Å². The standard InChI is InChI=1S/C9H15N5OS/c1-16-6-3-2-5(4-6)11-8(15)7-12-9(10)14-13-7/h5-6H,2-4H2,1H3,(H,11,15)(H3,10,12,13,14). The highest BCUT2D eigenvalue weighted by atomic mass is 32.2. The summed E-state index contributed by atoms with van der Waals surface area (Å²) in [7, 11) is 0. The number of hydrogen-bond donors (Lipinski definition) is 3. The average molecular weight is 241 g/mol. The summed E-state index contributed by atoms with van der Waals surface area (Å²) in [4.78, 5) is 15.5. The van der Waals surface area contributed by atoms with Crippen LogP contribution in [0.2, 0.25) is 0 Å². The zero-order valence-corrected chi connectivity index (χ0v) is 9.88. The number of nitrogens with two attached hydrogens (primary N) is 1. The predicted molar refractivity (Wildman–Crippen MR) is 63.2 cm³/mol. The third-order valence-electron chi connectivity index (χ3n) is 2.77. The van der Waals surface area contributed by atoms with E-state index in [2.05, 4.69) is 26.8 Å². The van der Waals surface area contributed by atoms with Gasteiger partial charge in [0.05, 0.1) is 0 Å². The maximum Gasteiger partial charge on any atom is 0.288 e. The van der Waals surface area contributed by atoms with Crippen LogP contribution in [0.15, 0.2) is 0 Å². The Balaban J connectivity index is 1.89. The number of nitrogens with one attached hydrogen (secondary N) is 2. The van der Waals surface area contributed by atoms with Crippen molar-refractivity contribution in [2.75, 3.05) is 12.0 Å². The van der Waals surface area contributed by atoms with E-state index in [-0.39, 0.29) is 23.7 Å². The second-order valence-electron chi connectivity index (χ2n) is 3.88. The van der Waals surface area contributed by atoms with Crippen molar-refractivity contribution in [1.29, 1.82) is 0 Å². The van der Waals surface area contributed by atoms with Gasteiger partial charge in [-0.15, -0.1) is 5.10 Å². The van der Waals surface area contributed by atoms with Gasteiger partial charge in [-0.25, -0.2) is 0 Å². The van der Waals surface area contributed by atoms with Crippen LogP contribution >= 0.6 is 11.8 Å². The van der Waals surface area contributed by atoms with Gasteiger partial charge < -0.3 is 11.1 Å². The Morgan fingerprint density at radius 2 is 2.44 bits per heavy atom. The van der Waals surface area contributed by atoms with Crippen LogP contribution in [-0.2, 0) is 0 Å². The predicted octanol–water partition coefficient (Wildman–Crippen LogP) is 0.401. The molecule has 88 valence electrons. The van der Waals surface area contributed by atoms with Crippen molar-refractivity contribution >= 4 is 23.6 Å². The van der Waals surface area contributed by atoms with Crippen LogP contribution in [0, 0.1) is 0 Å². The molecule has 2 atom stereocenters. The zero-order chi connectivity index (χ0) is 11.5. The first kappa shape index (κ1) is 11.3. The van der Waals surface area contributed by atoms with Gasteiger partial charge in [0, 0.05) is 11.3 Å². The lowest BCUT2D eigenvalue weighted by atomic mass is 10.2. The van der Waals surface area contributed by atoms with Crippen LogP contribution in [0.5, 0.6) is 0 Å². The Hall–Kier alpha value is -1.24. The van der Waals surface area contributed by atoms with Gasteiger partial charge in [0.1, 0.15) is 0 Å². The fourth-order valence-electron chi connectivity index (χ4n) is 1.92. The van der Waals surface area contributed by atoms with Crippen molar-refractivity contribution in [3.8, 4) is 0 Å². The number of carbonyl (C=O) groups is 1. The number of hydrogen-bond acceptors (Lipinski definition) is 5. The molecule has 1 aromatic heterocycles. The van der Waals surface area contributed by atoms with Crippen molar-refractivity contribution in [2.45, 2.75) is 30.6 Å². The Labute approximate surface area is 97.8 Å². The Morgan fingerprint density at radius 1 is 1.62 bits per heavy atom. The van der Waals surface area contributed by atoms with Gasteiger partial charge in [-0.1, -0.05) is 0 Å². The summed E-state index contributed by atoms with van der Waals surface area (Å²) in [6.07, 6.45) is 5.31. The lowest BCUT2D eigenvalue weighted by Crippen LogP contribution is -2.33. The SMILES string of the molecule is CSC1CCC(NC(=O)c2nc(N)n[nH]2)C1. The van der Waals surface area contributed by atoms with Crippen LogP contribution in [0.4, 0.5) is 5.95 Å². The highest BCUT2D eigenvalue weighted by Gasteiger charge is 2.26. The van der Waals surface area contributed by atoms with Crippen LogP contribution in [0.3, 0.4) is 0 Å². The molecule has 0 spiro atoms. The number of amides is 1. The normalized spacial score (nSPS) is 24.6. The Bertz CT molecular complexity index is 380. The number of aromatic nitrogens is 3. The summed E-state index contributed by atoms with van der Waals surface area (Å²) in [5.74, 6) is 0.0552. The molecule has 0 bridgehead atoms. The second-order valence-corrected chi connectivity index (χ2v) is 5.02. The molecule has 2 unspecified atom stereocenters. The van der Waals surface area contributed by atoms with E-state index in [1.807, 2.05) is 11.8 Å². The molecule has 0 aromatic carbocycles. The number of anilines is 1. The van der Waals surface area contributed by atoms with Crippen molar-refractivity contribution in [3.63, 3.8) is 0 Å². The average Bonchev–Trinajstić information content (AvgIpc) is 2.87. The summed E-state index contributed by atoms with van der Waals surface area (Å²) in [5.41, 5.74) is 5.33. The Morgan fingerprint density at radius 3 is 3.00 bits per heavy atom. The minimum absolute atomic E-state index is 0.0959. The maximum absolute atomic E-state index is 11.7. The van der Waals surface area contributed by atoms with Crippen LogP contribution in [-0.4, -0.2) is 38.6 Å². The third-order valence-corrected chi connectivity index (χ3v) is 3.87. The summed E-state index contributed by atoms with van der Waals surface area (Å²) in [5, 5.41) is 9.71. The van der Waals surface area contributed by atoms with Crippen molar-refractivity contribution < 1.29 is 4.79 Å². The summed E-state index contributed by atoms with van der Waals surface area (Å²) in [6.45, 7) is 0. The molecule has 1 aliphatic carbocycles. The molecule has 1 heterocycles. The molecule has 1 saturated carbocycles. The minimum Gasteiger partial charge on any atom is -0.366 e. The molecular weight excluding hydrogens is 226 g/mol. The van der Waals surface area contributed by atoms with E-state index in [0.717, 1.165) is 19.3 Å². The molecule has 6 nitrogen and oxygen atoms in total. The number of H-pyrrole nitrogens is 1. The molecule has 1 aliphatic rings. The lowest BCUT2D eigenvalue weighted by Gasteiger charge is -2.10. The van der Waals surface area contributed by atoms with E-state index in [0.29, 0.717) is 5.25 Å². The maximum atomic E-state index is 11.7. The molecule has 1 aromatic rings. The van der Waals surface area contributed by atoms with Gasteiger partial charge in [0.25, 0.3) is 5.91 Å². The molecule has 7 heteroatoms. The number of nitrogen functional groups attached to an aromatic ring is 1. The first-order chi connectivity index (χ1) is 7.69. The van der Waals surface area contributed by atoms with Gasteiger partial charge in [-0.2, -0.15) is 16.7 Å². The largest absolute Gasteiger partial charge is 0.366 e. The number of thioether (sulfide) groups is 1. The fraction of sp³-hybridized carbons (Fsp3) is 0.667. The van der Waals surface area contributed by atoms with Gasteiger partial charge in [-0.05, 0) is 25.5 Å². The Kier molecular flexibility index (Phi) is 3.33. The number of aromatic amines is 1. The minimum atomic E-state index is -0.226. The summed E-state index contributed by atoms with van der Waals surface area (Å²) >= 11 is 1.86. The topological polar surface area (TPSA) is 96.7 Å². The molecule has 1 fully saturated rings. The second kappa shape index (κ2) is 4.73. The molecule has 4 N–H and O–H groups in total. The van der Waals surface area contributed by atoms with Gasteiger partial charge >= 0.3 is 0 Å². The third kappa shape index (κ3) is 2.46. The van der Waals surface area contributed by atoms with E-state index in [9.17, 15) is 4.79 Å². The molecule has 2 rings (SSSR count). The van der Waals surface area contributed by atoms with E-state index in [4.69, 9.17) is 5.73 Å². The van der Waals surface area contributed by atoms with E-state index in [1.54, 1.807) is 0 Å². The summed E-state index contributed by atoms with van der Waals surface area (Å²) in [6, 6.07) is 0.247.